The molecule has 0 atom stereocenters. The summed E-state index contributed by atoms with van der Waals surface area (Å²) in [5.74, 6) is 0.894. The van der Waals surface area contributed by atoms with E-state index < -0.39 is 0 Å². The van der Waals surface area contributed by atoms with Crippen LogP contribution in [0, 0.1) is 0 Å². The number of halogens is 1. The van der Waals surface area contributed by atoms with Crippen molar-refractivity contribution in [3.05, 3.63) is 95.0 Å². The second-order valence-corrected chi connectivity index (χ2v) is 6.36. The summed E-state index contributed by atoms with van der Waals surface area (Å²) in [4.78, 5) is 12.3. The first-order chi connectivity index (χ1) is 13.7. The molecule has 3 aromatic rings. The zero-order valence-corrected chi connectivity index (χ0v) is 16.1. The van der Waals surface area contributed by atoms with Gasteiger partial charge in [0.2, 0.25) is 5.91 Å². The zero-order chi connectivity index (χ0) is 19.8. The van der Waals surface area contributed by atoms with E-state index in [9.17, 15) is 4.79 Å². The number of hydrogen-bond acceptors (Lipinski definition) is 3. The van der Waals surface area contributed by atoms with Crippen LogP contribution in [0.2, 0.25) is 5.02 Å². The number of carbonyl (C=O) groups is 1. The van der Waals surface area contributed by atoms with Crippen molar-refractivity contribution in [1.82, 2.24) is 0 Å². The van der Waals surface area contributed by atoms with Crippen molar-refractivity contribution in [1.29, 1.82) is 0 Å². The Morgan fingerprint density at radius 1 is 1.00 bits per heavy atom. The summed E-state index contributed by atoms with van der Waals surface area (Å²) in [7, 11) is 1.59. The van der Waals surface area contributed by atoms with E-state index in [2.05, 4.69) is 5.32 Å². The maximum atomic E-state index is 12.3. The van der Waals surface area contributed by atoms with Crippen molar-refractivity contribution in [3.63, 3.8) is 0 Å². The number of carbonyl (C=O) groups excluding carboxylic acids is 1. The van der Waals surface area contributed by atoms with Crippen LogP contribution in [0.4, 0.5) is 5.69 Å². The molecular weight excluding hydrogens is 374 g/mol. The molecule has 0 heterocycles. The summed E-state index contributed by atoms with van der Waals surface area (Å²) < 4.78 is 11.4. The molecule has 1 amide bonds. The van der Waals surface area contributed by atoms with Gasteiger partial charge in [0, 0.05) is 11.6 Å². The predicted molar refractivity (Wildman–Crippen MR) is 113 cm³/mol. The number of rotatable bonds is 7. The van der Waals surface area contributed by atoms with Gasteiger partial charge in [-0.2, -0.15) is 0 Å². The number of para-hydroxylation sites is 2. The number of amides is 1. The molecular formula is C23H20ClNO3. The zero-order valence-electron chi connectivity index (χ0n) is 15.4. The Morgan fingerprint density at radius 3 is 2.50 bits per heavy atom. The van der Waals surface area contributed by atoms with Gasteiger partial charge >= 0.3 is 0 Å². The van der Waals surface area contributed by atoms with Crippen LogP contribution in [0.1, 0.15) is 11.1 Å². The largest absolute Gasteiger partial charge is 0.493 e. The molecule has 0 fully saturated rings. The van der Waals surface area contributed by atoms with Crippen LogP contribution in [0.15, 0.2) is 78.9 Å². The third kappa shape index (κ3) is 5.15. The Balaban J connectivity index is 1.76. The first-order valence-corrected chi connectivity index (χ1v) is 9.12. The molecule has 0 spiro atoms. The van der Waals surface area contributed by atoms with Gasteiger partial charge in [-0.05, 0) is 29.8 Å². The molecule has 0 aromatic heterocycles. The van der Waals surface area contributed by atoms with Crippen molar-refractivity contribution >= 4 is 29.3 Å². The van der Waals surface area contributed by atoms with E-state index in [4.69, 9.17) is 21.1 Å². The molecule has 1 N–H and O–H groups in total. The van der Waals surface area contributed by atoms with Crippen LogP contribution < -0.4 is 14.8 Å². The monoisotopic (exact) mass is 393 g/mol. The summed E-state index contributed by atoms with van der Waals surface area (Å²) >= 11 is 6.07. The molecule has 0 unspecified atom stereocenters. The summed E-state index contributed by atoms with van der Waals surface area (Å²) in [6, 6.07) is 22.5. The van der Waals surface area contributed by atoms with Gasteiger partial charge in [0.1, 0.15) is 6.61 Å². The Labute approximate surface area is 169 Å². The fourth-order valence-corrected chi connectivity index (χ4v) is 2.79. The molecule has 4 nitrogen and oxygen atoms in total. The molecule has 0 radical (unpaired) electrons. The van der Waals surface area contributed by atoms with E-state index >= 15 is 0 Å². The lowest BCUT2D eigenvalue weighted by molar-refractivity contribution is -0.111. The molecule has 0 aliphatic heterocycles. The second-order valence-electron chi connectivity index (χ2n) is 5.96. The lowest BCUT2D eigenvalue weighted by Crippen LogP contribution is -2.08. The minimum Gasteiger partial charge on any atom is -0.493 e. The summed E-state index contributed by atoms with van der Waals surface area (Å²) in [5, 5.41) is 3.24. The van der Waals surface area contributed by atoms with E-state index in [1.54, 1.807) is 31.4 Å². The van der Waals surface area contributed by atoms with Crippen molar-refractivity contribution < 1.29 is 14.3 Å². The maximum Gasteiger partial charge on any atom is 0.248 e. The third-order valence-electron chi connectivity index (χ3n) is 4.00. The number of ether oxygens (including phenoxy) is 2. The van der Waals surface area contributed by atoms with Gasteiger partial charge in [-0.15, -0.1) is 0 Å². The van der Waals surface area contributed by atoms with Gasteiger partial charge < -0.3 is 14.8 Å². The lowest BCUT2D eigenvalue weighted by Gasteiger charge is -2.13. The quantitative estimate of drug-likeness (QED) is 0.533. The minimum absolute atomic E-state index is 0.287. The first kappa shape index (κ1) is 19.5. The molecule has 3 aromatic carbocycles. The Bertz CT molecular complexity index is 971. The van der Waals surface area contributed by atoms with Gasteiger partial charge in [0.15, 0.2) is 11.5 Å². The Kier molecular flexibility index (Phi) is 6.71. The van der Waals surface area contributed by atoms with Crippen LogP contribution in [0.25, 0.3) is 6.08 Å². The second kappa shape index (κ2) is 9.62. The van der Waals surface area contributed by atoms with Gasteiger partial charge in [-0.25, -0.2) is 0 Å². The smallest absolute Gasteiger partial charge is 0.248 e. The number of benzene rings is 3. The average molecular weight is 394 g/mol. The number of anilines is 1. The van der Waals surface area contributed by atoms with Crippen LogP contribution in [-0.4, -0.2) is 13.0 Å². The lowest BCUT2D eigenvalue weighted by atomic mass is 10.1. The van der Waals surface area contributed by atoms with Crippen LogP contribution in [-0.2, 0) is 11.4 Å². The molecule has 5 heteroatoms. The van der Waals surface area contributed by atoms with E-state index in [-0.39, 0.29) is 5.91 Å². The fourth-order valence-electron chi connectivity index (χ4n) is 2.61. The van der Waals surface area contributed by atoms with E-state index in [1.165, 1.54) is 6.08 Å². The van der Waals surface area contributed by atoms with Crippen molar-refractivity contribution in [2.24, 2.45) is 0 Å². The molecule has 0 saturated carbocycles. The van der Waals surface area contributed by atoms with E-state index in [1.807, 2.05) is 54.6 Å². The van der Waals surface area contributed by atoms with Gasteiger partial charge in [0.05, 0.1) is 17.8 Å². The minimum atomic E-state index is -0.287. The standard InChI is InChI=1S/C23H20ClNO3/c1-27-21-13-7-10-18(23(21)28-16-17-8-3-2-4-9-17)14-15-22(26)25-20-12-6-5-11-19(20)24/h2-15H,16H2,1H3,(H,25,26)/b15-14+. The summed E-state index contributed by atoms with van der Waals surface area (Å²) in [6.45, 7) is 0.397. The molecule has 28 heavy (non-hydrogen) atoms. The molecule has 3 rings (SSSR count). The number of hydrogen-bond donors (Lipinski definition) is 1. The average Bonchev–Trinajstić information content (AvgIpc) is 2.73. The summed E-state index contributed by atoms with van der Waals surface area (Å²) in [5.41, 5.74) is 2.34. The highest BCUT2D eigenvalue weighted by molar-refractivity contribution is 6.33. The Hall–Kier alpha value is -3.24. The Morgan fingerprint density at radius 2 is 1.75 bits per heavy atom. The highest BCUT2D eigenvalue weighted by Gasteiger charge is 2.10. The van der Waals surface area contributed by atoms with E-state index in [0.29, 0.717) is 28.8 Å². The third-order valence-corrected chi connectivity index (χ3v) is 4.33. The molecule has 0 saturated heterocycles. The number of nitrogens with one attached hydrogen (secondary N) is 1. The van der Waals surface area contributed by atoms with E-state index in [0.717, 1.165) is 11.1 Å². The van der Waals surface area contributed by atoms with Crippen LogP contribution in [0.3, 0.4) is 0 Å². The molecule has 0 aliphatic rings. The topological polar surface area (TPSA) is 47.6 Å². The number of methoxy groups -OCH3 is 1. The molecule has 0 bridgehead atoms. The summed E-state index contributed by atoms with van der Waals surface area (Å²) in [6.07, 6.45) is 3.13. The highest BCUT2D eigenvalue weighted by atomic mass is 35.5. The molecule has 142 valence electrons. The maximum absolute atomic E-state index is 12.3. The van der Waals surface area contributed by atoms with Crippen molar-refractivity contribution in [2.75, 3.05) is 12.4 Å². The predicted octanol–water partition coefficient (Wildman–Crippen LogP) is 5.58. The van der Waals surface area contributed by atoms with Gasteiger partial charge in [0.25, 0.3) is 0 Å². The van der Waals surface area contributed by atoms with Crippen LogP contribution in [0.5, 0.6) is 11.5 Å². The van der Waals surface area contributed by atoms with Crippen molar-refractivity contribution in [3.8, 4) is 11.5 Å². The van der Waals surface area contributed by atoms with Crippen molar-refractivity contribution in [2.45, 2.75) is 6.61 Å². The molecule has 0 aliphatic carbocycles. The highest BCUT2D eigenvalue weighted by Crippen LogP contribution is 2.32. The van der Waals surface area contributed by atoms with Crippen LogP contribution >= 0.6 is 11.6 Å². The van der Waals surface area contributed by atoms with Gasteiger partial charge in [-0.1, -0.05) is 66.2 Å². The fraction of sp³-hybridized carbons (Fsp3) is 0.0870. The SMILES string of the molecule is COc1cccc(/C=C/C(=O)Nc2ccccc2Cl)c1OCc1ccccc1. The normalized spacial score (nSPS) is 10.6. The van der Waals surface area contributed by atoms with Gasteiger partial charge in [-0.3, -0.25) is 4.79 Å². The first-order valence-electron chi connectivity index (χ1n) is 8.74.